The maximum Gasteiger partial charge on any atom is 0.148 e. The van der Waals surface area contributed by atoms with Crippen molar-refractivity contribution in [3.8, 4) is 0 Å². The Bertz CT molecular complexity index is 99.2. The quantitative estimate of drug-likeness (QED) is 0.373. The van der Waals surface area contributed by atoms with Gasteiger partial charge in [-0.3, -0.25) is 0 Å². The Balaban J connectivity index is 3.79. The first kappa shape index (κ1) is 8.76. The minimum Gasteiger partial charge on any atom is -0.410 e. The molecule has 9 heavy (non-hydrogen) atoms. The molecule has 0 aromatic heterocycles. The minimum absolute atomic E-state index is 0.233. The second kappa shape index (κ2) is 4.62. The van der Waals surface area contributed by atoms with E-state index in [0.717, 1.165) is 12.8 Å². The predicted molar refractivity (Wildman–Crippen MR) is 39.1 cm³/mol. The molecular weight excluding hydrogens is 138 g/mol. The van der Waals surface area contributed by atoms with Crippen molar-refractivity contribution in [2.75, 3.05) is 0 Å². The second-order valence-electron chi connectivity index (χ2n) is 1.94. The van der Waals surface area contributed by atoms with Gasteiger partial charge in [0.25, 0.3) is 0 Å². The zero-order chi connectivity index (χ0) is 7.28. The molecule has 0 radical (unpaired) electrons. The first-order valence-electron chi connectivity index (χ1n) is 3.13. The Hall–Kier alpha value is -0.240. The fourth-order valence-electron chi connectivity index (χ4n) is 0.707. The molecular formula is C6H12ClNO. The van der Waals surface area contributed by atoms with Gasteiger partial charge in [0.2, 0.25) is 0 Å². The molecule has 0 saturated carbocycles. The molecule has 2 nitrogen and oxygen atoms in total. The first-order valence-corrected chi connectivity index (χ1v) is 3.51. The molecule has 0 spiro atoms. The van der Waals surface area contributed by atoms with Crippen molar-refractivity contribution in [2.45, 2.75) is 26.7 Å². The molecule has 0 aliphatic heterocycles. The van der Waals surface area contributed by atoms with E-state index in [-0.39, 0.29) is 5.92 Å². The topological polar surface area (TPSA) is 32.6 Å². The molecule has 0 bridgehead atoms. The van der Waals surface area contributed by atoms with Crippen LogP contribution in [0.5, 0.6) is 0 Å². The summed E-state index contributed by atoms with van der Waals surface area (Å²) in [5, 5.41) is 11.5. The van der Waals surface area contributed by atoms with Gasteiger partial charge in [0, 0.05) is 5.92 Å². The number of nitrogens with zero attached hydrogens (tertiary/aromatic N) is 1. The van der Waals surface area contributed by atoms with E-state index < -0.39 is 0 Å². The van der Waals surface area contributed by atoms with Crippen molar-refractivity contribution in [1.29, 1.82) is 0 Å². The summed E-state index contributed by atoms with van der Waals surface area (Å²) < 4.78 is 0. The SMILES string of the molecule is CCC(CC)/C(Cl)=N\O. The zero-order valence-electron chi connectivity index (χ0n) is 5.76. The van der Waals surface area contributed by atoms with Gasteiger partial charge in [-0.25, -0.2) is 0 Å². The van der Waals surface area contributed by atoms with E-state index in [1.807, 2.05) is 13.8 Å². The third kappa shape index (κ3) is 2.70. The van der Waals surface area contributed by atoms with Crippen LogP contribution in [-0.4, -0.2) is 10.4 Å². The third-order valence-corrected chi connectivity index (χ3v) is 1.80. The molecule has 0 aromatic rings. The monoisotopic (exact) mass is 149 g/mol. The summed E-state index contributed by atoms with van der Waals surface area (Å²) in [5.74, 6) is 0.233. The summed E-state index contributed by atoms with van der Waals surface area (Å²) in [5.41, 5.74) is 0. The number of hydrogen-bond donors (Lipinski definition) is 1. The van der Waals surface area contributed by atoms with Crippen LogP contribution in [0.1, 0.15) is 26.7 Å². The van der Waals surface area contributed by atoms with Gasteiger partial charge in [-0.1, -0.05) is 30.6 Å². The molecule has 54 valence electrons. The van der Waals surface area contributed by atoms with E-state index >= 15 is 0 Å². The standard InChI is InChI=1S/C6H12ClNO/c1-3-5(4-2)6(7)8-9/h5,9H,3-4H2,1-2H3/b8-6+. The molecule has 0 fully saturated rings. The number of hydrogen-bond acceptors (Lipinski definition) is 2. The first-order chi connectivity index (χ1) is 4.26. The summed E-state index contributed by atoms with van der Waals surface area (Å²) in [4.78, 5) is 0. The lowest BCUT2D eigenvalue weighted by Gasteiger charge is -2.06. The van der Waals surface area contributed by atoms with Crippen LogP contribution in [0.3, 0.4) is 0 Å². The Labute approximate surface area is 60.5 Å². The molecule has 0 heterocycles. The molecule has 1 N–H and O–H groups in total. The number of rotatable bonds is 3. The number of oxime groups is 1. The highest BCUT2D eigenvalue weighted by molar-refractivity contribution is 6.65. The Kier molecular flexibility index (Phi) is 4.50. The molecule has 0 atom stereocenters. The Morgan fingerprint density at radius 3 is 2.11 bits per heavy atom. The number of halogens is 1. The van der Waals surface area contributed by atoms with Crippen LogP contribution in [0.15, 0.2) is 5.16 Å². The van der Waals surface area contributed by atoms with Crippen LogP contribution >= 0.6 is 11.6 Å². The summed E-state index contributed by atoms with van der Waals surface area (Å²) in [6.07, 6.45) is 1.86. The average Bonchev–Trinajstić information content (AvgIpc) is 1.90. The van der Waals surface area contributed by atoms with Crippen molar-refractivity contribution in [3.05, 3.63) is 0 Å². The molecule has 0 aliphatic carbocycles. The lowest BCUT2D eigenvalue weighted by Crippen LogP contribution is -2.05. The average molecular weight is 150 g/mol. The fourth-order valence-corrected chi connectivity index (χ4v) is 1.02. The van der Waals surface area contributed by atoms with E-state index in [4.69, 9.17) is 16.8 Å². The highest BCUT2D eigenvalue weighted by Crippen LogP contribution is 2.11. The highest BCUT2D eigenvalue weighted by atomic mass is 35.5. The van der Waals surface area contributed by atoms with E-state index in [0.29, 0.717) is 5.17 Å². The van der Waals surface area contributed by atoms with E-state index in [1.165, 1.54) is 0 Å². The second-order valence-corrected chi connectivity index (χ2v) is 2.32. The van der Waals surface area contributed by atoms with Crippen LogP contribution in [0.2, 0.25) is 0 Å². The summed E-state index contributed by atoms with van der Waals surface area (Å²) >= 11 is 5.53. The molecule has 3 heteroatoms. The van der Waals surface area contributed by atoms with Gasteiger partial charge in [0.15, 0.2) is 0 Å². The van der Waals surface area contributed by atoms with Crippen LogP contribution in [0, 0.1) is 5.92 Å². The summed E-state index contributed by atoms with van der Waals surface area (Å²) in [7, 11) is 0. The molecule has 0 unspecified atom stereocenters. The van der Waals surface area contributed by atoms with Gasteiger partial charge in [0.1, 0.15) is 5.17 Å². The van der Waals surface area contributed by atoms with Crippen molar-refractivity contribution < 1.29 is 5.21 Å². The van der Waals surface area contributed by atoms with Gasteiger partial charge in [-0.2, -0.15) is 0 Å². The zero-order valence-corrected chi connectivity index (χ0v) is 6.52. The Morgan fingerprint density at radius 2 is 2.00 bits per heavy atom. The largest absolute Gasteiger partial charge is 0.410 e. The molecule has 0 saturated heterocycles. The van der Waals surface area contributed by atoms with Crippen LogP contribution < -0.4 is 0 Å². The van der Waals surface area contributed by atoms with Crippen molar-refractivity contribution in [3.63, 3.8) is 0 Å². The van der Waals surface area contributed by atoms with Gasteiger partial charge < -0.3 is 5.21 Å². The van der Waals surface area contributed by atoms with E-state index in [9.17, 15) is 0 Å². The predicted octanol–water partition coefficient (Wildman–Crippen LogP) is 2.45. The molecule has 0 aliphatic rings. The summed E-state index contributed by atoms with van der Waals surface area (Å²) in [6, 6.07) is 0. The van der Waals surface area contributed by atoms with Crippen LogP contribution in [0.25, 0.3) is 0 Å². The smallest absolute Gasteiger partial charge is 0.148 e. The molecule has 0 aromatic carbocycles. The van der Waals surface area contributed by atoms with Crippen molar-refractivity contribution in [2.24, 2.45) is 11.1 Å². The lowest BCUT2D eigenvalue weighted by molar-refractivity contribution is 0.316. The highest BCUT2D eigenvalue weighted by Gasteiger charge is 2.08. The van der Waals surface area contributed by atoms with Gasteiger partial charge in [0.05, 0.1) is 0 Å². The normalized spacial score (nSPS) is 12.7. The van der Waals surface area contributed by atoms with Crippen LogP contribution in [-0.2, 0) is 0 Å². The fraction of sp³-hybridized carbons (Fsp3) is 0.833. The van der Waals surface area contributed by atoms with Gasteiger partial charge in [-0.05, 0) is 12.8 Å². The van der Waals surface area contributed by atoms with Crippen molar-refractivity contribution >= 4 is 16.8 Å². The Morgan fingerprint density at radius 1 is 1.56 bits per heavy atom. The maximum atomic E-state index is 8.22. The minimum atomic E-state index is 0.233. The van der Waals surface area contributed by atoms with E-state index in [2.05, 4.69) is 5.16 Å². The molecule has 0 rings (SSSR count). The third-order valence-electron chi connectivity index (χ3n) is 1.42. The van der Waals surface area contributed by atoms with E-state index in [1.54, 1.807) is 0 Å². The van der Waals surface area contributed by atoms with Crippen molar-refractivity contribution in [1.82, 2.24) is 0 Å². The maximum absolute atomic E-state index is 8.22. The van der Waals surface area contributed by atoms with Crippen LogP contribution in [0.4, 0.5) is 0 Å². The molecule has 0 amide bonds. The summed E-state index contributed by atoms with van der Waals surface area (Å²) in [6.45, 7) is 4.03. The van der Waals surface area contributed by atoms with Gasteiger partial charge in [-0.15, -0.1) is 0 Å². The van der Waals surface area contributed by atoms with Gasteiger partial charge >= 0.3 is 0 Å². The lowest BCUT2D eigenvalue weighted by atomic mass is 10.1.